The van der Waals surface area contributed by atoms with E-state index < -0.39 is 5.92 Å². The summed E-state index contributed by atoms with van der Waals surface area (Å²) in [4.78, 5) is 31.9. The maximum Gasteiger partial charge on any atom is 0.179 e. The highest BCUT2D eigenvalue weighted by molar-refractivity contribution is 6.26. The SMILES string of the molecule is Cc1cc(C)c(C(=O)C(C=N[C@H](CO)C(C)C)C(=O)c2c(C)cc(C)cc2C)c(C)c1. The molecule has 2 aromatic carbocycles. The van der Waals surface area contributed by atoms with E-state index in [4.69, 9.17) is 0 Å². The summed E-state index contributed by atoms with van der Waals surface area (Å²) in [5.41, 5.74) is 6.72. The van der Waals surface area contributed by atoms with Crippen LogP contribution in [0.3, 0.4) is 0 Å². The van der Waals surface area contributed by atoms with E-state index in [0.717, 1.165) is 33.4 Å². The molecule has 0 aliphatic carbocycles. The van der Waals surface area contributed by atoms with Crippen molar-refractivity contribution in [3.05, 3.63) is 68.8 Å². The molecule has 4 heteroatoms. The molecule has 0 bridgehead atoms. The van der Waals surface area contributed by atoms with Gasteiger partial charge in [0.25, 0.3) is 0 Å². The third-order valence-corrected chi connectivity index (χ3v) is 5.80. The van der Waals surface area contributed by atoms with Gasteiger partial charge in [-0.25, -0.2) is 0 Å². The highest BCUT2D eigenvalue weighted by Gasteiger charge is 2.31. The van der Waals surface area contributed by atoms with E-state index in [1.54, 1.807) is 0 Å². The molecule has 4 nitrogen and oxygen atoms in total. The van der Waals surface area contributed by atoms with E-state index in [1.807, 2.05) is 79.7 Å². The lowest BCUT2D eigenvalue weighted by molar-refractivity contribution is 0.0854. The van der Waals surface area contributed by atoms with Crippen LogP contribution in [0.2, 0.25) is 0 Å². The van der Waals surface area contributed by atoms with Crippen molar-refractivity contribution in [2.45, 2.75) is 61.4 Å². The Balaban J connectivity index is 2.63. The zero-order valence-electron chi connectivity index (χ0n) is 20.0. The molecule has 1 atom stereocenters. The van der Waals surface area contributed by atoms with Crippen LogP contribution in [0.4, 0.5) is 0 Å². The molecule has 0 heterocycles. The number of benzene rings is 2. The Hall–Kier alpha value is -2.59. The molecule has 0 saturated heterocycles. The van der Waals surface area contributed by atoms with Crippen molar-refractivity contribution in [2.24, 2.45) is 16.8 Å². The lowest BCUT2D eigenvalue weighted by Crippen LogP contribution is -2.30. The van der Waals surface area contributed by atoms with Gasteiger partial charge in [0.1, 0.15) is 5.92 Å². The molecule has 0 aliphatic rings. The number of ketones is 2. The van der Waals surface area contributed by atoms with Gasteiger partial charge in [0.2, 0.25) is 0 Å². The van der Waals surface area contributed by atoms with Crippen LogP contribution in [0, 0.1) is 53.4 Å². The summed E-state index contributed by atoms with van der Waals surface area (Å²) in [5.74, 6) is -1.43. The summed E-state index contributed by atoms with van der Waals surface area (Å²) in [6.45, 7) is 15.4. The van der Waals surface area contributed by atoms with Crippen LogP contribution in [0.15, 0.2) is 29.3 Å². The van der Waals surface area contributed by atoms with Crippen LogP contribution in [0.1, 0.15) is 67.9 Å². The monoisotopic (exact) mass is 421 g/mol. The van der Waals surface area contributed by atoms with Gasteiger partial charge in [-0.05, 0) is 69.7 Å². The van der Waals surface area contributed by atoms with Crippen LogP contribution >= 0.6 is 0 Å². The fourth-order valence-corrected chi connectivity index (χ4v) is 4.33. The molecule has 0 aromatic heterocycles. The standard InChI is InChI=1S/C27H35NO3/c1-15(2)23(14-29)28-13-22(26(30)24-18(5)9-16(3)10-19(24)6)27(31)25-20(7)11-17(4)12-21(25)8/h9-13,15,22-23,29H,14H2,1-8H3/t23-/m1/s1. The van der Waals surface area contributed by atoms with E-state index in [0.29, 0.717) is 11.1 Å². The minimum Gasteiger partial charge on any atom is -0.394 e. The molecule has 2 rings (SSSR count). The number of aliphatic hydroxyl groups is 1. The Kier molecular flexibility index (Phi) is 8.08. The summed E-state index contributed by atoms with van der Waals surface area (Å²) < 4.78 is 0. The predicted molar refractivity (Wildman–Crippen MR) is 128 cm³/mol. The molecule has 0 saturated carbocycles. The molecule has 1 N–H and O–H groups in total. The summed E-state index contributed by atoms with van der Waals surface area (Å²) in [6.07, 6.45) is 1.46. The number of nitrogens with zero attached hydrogens (tertiary/aromatic N) is 1. The van der Waals surface area contributed by atoms with Crippen molar-refractivity contribution < 1.29 is 14.7 Å². The average Bonchev–Trinajstić information content (AvgIpc) is 2.63. The minimum atomic E-state index is -1.03. The zero-order chi connectivity index (χ0) is 23.5. The van der Waals surface area contributed by atoms with Gasteiger partial charge in [-0.2, -0.15) is 0 Å². The van der Waals surface area contributed by atoms with E-state index >= 15 is 0 Å². The third kappa shape index (κ3) is 5.56. The number of carbonyl (C=O) groups is 2. The first-order valence-corrected chi connectivity index (χ1v) is 10.9. The van der Waals surface area contributed by atoms with E-state index in [1.165, 1.54) is 6.21 Å². The summed E-state index contributed by atoms with van der Waals surface area (Å²) in [7, 11) is 0. The molecule has 0 radical (unpaired) electrons. The Bertz CT molecular complexity index is 902. The minimum absolute atomic E-state index is 0.0952. The van der Waals surface area contributed by atoms with Crippen molar-refractivity contribution in [1.29, 1.82) is 0 Å². The van der Waals surface area contributed by atoms with Crippen LogP contribution in [-0.2, 0) is 0 Å². The first-order valence-electron chi connectivity index (χ1n) is 10.9. The lowest BCUT2D eigenvalue weighted by Gasteiger charge is -2.19. The fourth-order valence-electron chi connectivity index (χ4n) is 4.33. The fraction of sp³-hybridized carbons (Fsp3) is 0.444. The first kappa shape index (κ1) is 24.7. The number of aryl methyl sites for hydroxylation is 6. The number of aliphatic hydroxyl groups excluding tert-OH is 1. The maximum absolute atomic E-state index is 13.7. The van der Waals surface area contributed by atoms with Crippen molar-refractivity contribution in [3.63, 3.8) is 0 Å². The number of aliphatic imine (C=N–C) groups is 1. The van der Waals surface area contributed by atoms with Crippen molar-refractivity contribution in [2.75, 3.05) is 6.61 Å². The van der Waals surface area contributed by atoms with Crippen LogP contribution in [-0.4, -0.2) is 35.5 Å². The largest absolute Gasteiger partial charge is 0.394 e. The van der Waals surface area contributed by atoms with Gasteiger partial charge >= 0.3 is 0 Å². The van der Waals surface area contributed by atoms with Gasteiger partial charge in [0.15, 0.2) is 11.6 Å². The second-order valence-corrected chi connectivity index (χ2v) is 9.05. The Morgan fingerprint density at radius 3 is 1.45 bits per heavy atom. The summed E-state index contributed by atoms with van der Waals surface area (Å²) >= 11 is 0. The summed E-state index contributed by atoms with van der Waals surface area (Å²) in [5, 5.41) is 9.67. The molecule has 166 valence electrons. The van der Waals surface area contributed by atoms with E-state index in [-0.39, 0.29) is 30.1 Å². The summed E-state index contributed by atoms with van der Waals surface area (Å²) in [6, 6.07) is 7.50. The molecular formula is C27H35NO3. The maximum atomic E-state index is 13.7. The molecular weight excluding hydrogens is 386 g/mol. The van der Waals surface area contributed by atoms with Gasteiger partial charge in [0.05, 0.1) is 12.6 Å². The highest BCUT2D eigenvalue weighted by atomic mass is 16.3. The van der Waals surface area contributed by atoms with Crippen molar-refractivity contribution in [1.82, 2.24) is 0 Å². The number of rotatable bonds is 8. The molecule has 31 heavy (non-hydrogen) atoms. The van der Waals surface area contributed by atoms with Gasteiger partial charge in [-0.15, -0.1) is 0 Å². The molecule has 0 aliphatic heterocycles. The molecule has 0 amide bonds. The average molecular weight is 422 g/mol. The van der Waals surface area contributed by atoms with Gasteiger partial charge in [-0.1, -0.05) is 49.2 Å². The van der Waals surface area contributed by atoms with Crippen molar-refractivity contribution >= 4 is 17.8 Å². The Labute approximate surface area is 186 Å². The van der Waals surface area contributed by atoms with Gasteiger partial charge in [-0.3, -0.25) is 14.6 Å². The normalized spacial score (nSPS) is 12.7. The number of carbonyl (C=O) groups excluding carboxylic acids is 2. The molecule has 0 spiro atoms. The van der Waals surface area contributed by atoms with Crippen LogP contribution in [0.5, 0.6) is 0 Å². The Morgan fingerprint density at radius 1 is 0.806 bits per heavy atom. The first-order chi connectivity index (χ1) is 14.5. The Morgan fingerprint density at radius 2 is 1.16 bits per heavy atom. The quantitative estimate of drug-likeness (QED) is 0.357. The van der Waals surface area contributed by atoms with E-state index in [9.17, 15) is 14.7 Å². The number of Topliss-reactive ketones (excluding diaryl/α,β-unsaturated/α-hetero) is 2. The highest BCUT2D eigenvalue weighted by Crippen LogP contribution is 2.25. The van der Waals surface area contributed by atoms with Gasteiger partial charge < -0.3 is 5.11 Å². The second kappa shape index (κ2) is 10.1. The third-order valence-electron chi connectivity index (χ3n) is 5.80. The van der Waals surface area contributed by atoms with Crippen LogP contribution < -0.4 is 0 Å². The van der Waals surface area contributed by atoms with E-state index in [2.05, 4.69) is 4.99 Å². The number of hydrogen-bond donors (Lipinski definition) is 1. The second-order valence-electron chi connectivity index (χ2n) is 9.05. The van der Waals surface area contributed by atoms with Crippen molar-refractivity contribution in [3.8, 4) is 0 Å². The molecule has 0 fully saturated rings. The predicted octanol–water partition coefficient (Wildman–Crippen LogP) is 5.31. The zero-order valence-corrected chi connectivity index (χ0v) is 20.0. The molecule has 2 aromatic rings. The topological polar surface area (TPSA) is 66.7 Å². The number of hydrogen-bond acceptors (Lipinski definition) is 4. The smallest absolute Gasteiger partial charge is 0.179 e. The lowest BCUT2D eigenvalue weighted by atomic mass is 9.84. The molecule has 0 unspecified atom stereocenters. The van der Waals surface area contributed by atoms with Crippen LogP contribution in [0.25, 0.3) is 0 Å². The van der Waals surface area contributed by atoms with Gasteiger partial charge in [0, 0.05) is 17.3 Å².